The van der Waals surface area contributed by atoms with Crippen LogP contribution in [0.25, 0.3) is 20.8 Å². The third-order valence-electron chi connectivity index (χ3n) is 5.71. The van der Waals surface area contributed by atoms with Crippen molar-refractivity contribution in [2.45, 2.75) is 4.90 Å². The van der Waals surface area contributed by atoms with Gasteiger partial charge >= 0.3 is 0 Å². The molecule has 5 rings (SSSR count). The molecule has 8 nitrogen and oxygen atoms in total. The van der Waals surface area contributed by atoms with Crippen molar-refractivity contribution in [1.82, 2.24) is 9.29 Å². The number of nitrogens with one attached hydrogen (secondary N) is 1. The molecule has 10 heteroatoms. The van der Waals surface area contributed by atoms with E-state index in [1.54, 1.807) is 23.5 Å². The maximum Gasteiger partial charge on any atom is 0.259 e. The Hall–Kier alpha value is -3.31. The summed E-state index contributed by atoms with van der Waals surface area (Å²) >= 11 is 1.60. The lowest BCUT2D eigenvalue weighted by atomic mass is 10.1. The number of amides is 1. The molecule has 0 spiro atoms. The summed E-state index contributed by atoms with van der Waals surface area (Å²) in [6, 6.07) is 19.6. The van der Waals surface area contributed by atoms with Gasteiger partial charge < -0.3 is 14.8 Å². The molecule has 35 heavy (non-hydrogen) atoms. The van der Waals surface area contributed by atoms with Gasteiger partial charge in [0.25, 0.3) is 5.91 Å². The zero-order valence-electron chi connectivity index (χ0n) is 18.9. The van der Waals surface area contributed by atoms with Crippen LogP contribution in [-0.4, -0.2) is 57.0 Å². The van der Waals surface area contributed by atoms with E-state index in [0.29, 0.717) is 18.9 Å². The van der Waals surface area contributed by atoms with Crippen LogP contribution in [0.15, 0.2) is 71.6 Å². The Morgan fingerprint density at radius 1 is 1.06 bits per heavy atom. The fourth-order valence-corrected chi connectivity index (χ4v) is 6.26. The molecule has 1 aliphatic rings. The van der Waals surface area contributed by atoms with Crippen LogP contribution in [0.2, 0.25) is 0 Å². The maximum atomic E-state index is 13.1. The Labute approximate surface area is 207 Å². The second-order valence-electron chi connectivity index (χ2n) is 7.90. The number of morpholine rings is 1. The summed E-state index contributed by atoms with van der Waals surface area (Å²) in [7, 11) is -2.31. The zero-order valence-corrected chi connectivity index (χ0v) is 20.6. The number of methoxy groups -OCH3 is 1. The summed E-state index contributed by atoms with van der Waals surface area (Å²) in [5, 5.41) is 3.73. The van der Waals surface area contributed by atoms with E-state index >= 15 is 0 Å². The number of hydrogen-bond donors (Lipinski definition) is 1. The lowest BCUT2D eigenvalue weighted by molar-refractivity contribution is 0.0730. The van der Waals surface area contributed by atoms with Gasteiger partial charge in [0.2, 0.25) is 10.0 Å². The van der Waals surface area contributed by atoms with Crippen molar-refractivity contribution in [3.05, 3.63) is 72.3 Å². The Balaban J connectivity index is 1.37. The van der Waals surface area contributed by atoms with Gasteiger partial charge in [-0.2, -0.15) is 4.31 Å². The Morgan fingerprint density at radius 2 is 1.80 bits per heavy atom. The molecular formula is C25H23N3O5S2. The summed E-state index contributed by atoms with van der Waals surface area (Å²) in [5.74, 6) is -0.178. The number of hydrogen-bond acceptors (Lipinski definition) is 7. The molecule has 1 aromatic heterocycles. The van der Waals surface area contributed by atoms with Crippen molar-refractivity contribution in [3.8, 4) is 16.3 Å². The minimum Gasteiger partial charge on any atom is -0.496 e. The quantitative estimate of drug-likeness (QED) is 0.417. The highest BCUT2D eigenvalue weighted by Crippen LogP contribution is 2.31. The van der Waals surface area contributed by atoms with Gasteiger partial charge in [-0.25, -0.2) is 13.4 Å². The number of carbonyl (C=O) groups excluding carboxylic acids is 1. The molecule has 4 aromatic rings. The minimum absolute atomic E-state index is 0.0385. The molecule has 1 N–H and O–H groups in total. The smallest absolute Gasteiger partial charge is 0.259 e. The van der Waals surface area contributed by atoms with Crippen LogP contribution in [-0.2, 0) is 14.8 Å². The average Bonchev–Trinajstić information content (AvgIpc) is 3.33. The van der Waals surface area contributed by atoms with Crippen LogP contribution < -0.4 is 10.1 Å². The highest BCUT2D eigenvalue weighted by Gasteiger charge is 2.28. The van der Waals surface area contributed by atoms with E-state index in [2.05, 4.69) is 10.3 Å². The minimum atomic E-state index is -3.75. The molecule has 0 atom stereocenters. The molecular weight excluding hydrogens is 486 g/mol. The maximum absolute atomic E-state index is 13.1. The third kappa shape index (κ3) is 4.78. The van der Waals surface area contributed by atoms with Crippen molar-refractivity contribution in [3.63, 3.8) is 0 Å². The second kappa shape index (κ2) is 9.74. The van der Waals surface area contributed by atoms with Crippen LogP contribution in [0.5, 0.6) is 5.75 Å². The molecule has 1 saturated heterocycles. The molecule has 0 bridgehead atoms. The van der Waals surface area contributed by atoms with Gasteiger partial charge in [0.1, 0.15) is 10.8 Å². The summed E-state index contributed by atoms with van der Waals surface area (Å²) in [6.45, 7) is 1.24. The number of ether oxygens (including phenoxy) is 2. The van der Waals surface area contributed by atoms with Gasteiger partial charge in [0.15, 0.2) is 0 Å². The van der Waals surface area contributed by atoms with Gasteiger partial charge in [-0.3, -0.25) is 4.79 Å². The van der Waals surface area contributed by atoms with E-state index in [0.717, 1.165) is 20.8 Å². The average molecular weight is 510 g/mol. The Kier molecular flexibility index (Phi) is 6.52. The van der Waals surface area contributed by atoms with E-state index < -0.39 is 15.9 Å². The van der Waals surface area contributed by atoms with Crippen molar-refractivity contribution in [2.75, 3.05) is 38.7 Å². The summed E-state index contributed by atoms with van der Waals surface area (Å²) in [5.41, 5.74) is 2.60. The number of benzene rings is 3. The van der Waals surface area contributed by atoms with Gasteiger partial charge in [-0.15, -0.1) is 11.3 Å². The van der Waals surface area contributed by atoms with Crippen LogP contribution in [0.1, 0.15) is 10.4 Å². The highest BCUT2D eigenvalue weighted by atomic mass is 32.2. The first kappa shape index (κ1) is 23.4. The van der Waals surface area contributed by atoms with Crippen molar-refractivity contribution >= 4 is 43.2 Å². The molecule has 0 unspecified atom stereocenters. The number of aromatic nitrogens is 1. The molecule has 1 fully saturated rings. The van der Waals surface area contributed by atoms with Crippen LogP contribution in [0.4, 0.5) is 5.69 Å². The molecule has 0 aliphatic carbocycles. The fraction of sp³-hybridized carbons (Fsp3) is 0.200. The topological polar surface area (TPSA) is 97.8 Å². The molecule has 1 amide bonds. The van der Waals surface area contributed by atoms with Gasteiger partial charge in [-0.05, 0) is 54.6 Å². The molecule has 0 saturated carbocycles. The number of anilines is 1. The van der Waals surface area contributed by atoms with E-state index in [1.807, 2.05) is 36.4 Å². The van der Waals surface area contributed by atoms with Gasteiger partial charge in [0.05, 0.1) is 41.0 Å². The van der Waals surface area contributed by atoms with Gasteiger partial charge in [0, 0.05) is 24.3 Å². The summed E-state index contributed by atoms with van der Waals surface area (Å²) in [6.07, 6.45) is 0. The number of fused-ring (bicyclic) bond motifs is 1. The predicted molar refractivity (Wildman–Crippen MR) is 136 cm³/mol. The van der Waals surface area contributed by atoms with Crippen LogP contribution in [0, 0.1) is 0 Å². The van der Waals surface area contributed by atoms with E-state index in [1.165, 1.54) is 29.6 Å². The molecule has 0 radical (unpaired) electrons. The number of thiazole rings is 1. The summed E-state index contributed by atoms with van der Waals surface area (Å²) < 4.78 is 39.2. The lowest BCUT2D eigenvalue weighted by Gasteiger charge is -2.26. The SMILES string of the molecule is COc1ccc(S(=O)(=O)N2CCOCC2)cc1C(=O)Nc1ccc(-c2nc3ccccc3s2)cc1. The Bertz CT molecular complexity index is 1440. The summed E-state index contributed by atoms with van der Waals surface area (Å²) in [4.78, 5) is 17.8. The van der Waals surface area contributed by atoms with Crippen LogP contribution >= 0.6 is 11.3 Å². The first-order valence-electron chi connectivity index (χ1n) is 11.0. The normalized spacial score (nSPS) is 14.7. The van der Waals surface area contributed by atoms with Crippen molar-refractivity contribution < 1.29 is 22.7 Å². The lowest BCUT2D eigenvalue weighted by Crippen LogP contribution is -2.40. The van der Waals surface area contributed by atoms with E-state index in [-0.39, 0.29) is 29.3 Å². The monoisotopic (exact) mass is 509 g/mol. The Morgan fingerprint density at radius 3 is 2.51 bits per heavy atom. The number of carbonyl (C=O) groups is 1. The molecule has 2 heterocycles. The predicted octanol–water partition coefficient (Wildman–Crippen LogP) is 4.25. The largest absolute Gasteiger partial charge is 0.496 e. The third-order valence-corrected chi connectivity index (χ3v) is 8.69. The standard InChI is InChI=1S/C25H23N3O5S2/c1-32-22-11-10-19(35(30,31)28-12-14-33-15-13-28)16-20(22)24(29)26-18-8-6-17(7-9-18)25-27-21-4-2-3-5-23(21)34-25/h2-11,16H,12-15H2,1H3,(H,26,29). The fourth-order valence-electron chi connectivity index (χ4n) is 3.85. The van der Waals surface area contributed by atoms with E-state index in [4.69, 9.17) is 9.47 Å². The second-order valence-corrected chi connectivity index (χ2v) is 10.9. The van der Waals surface area contributed by atoms with Crippen molar-refractivity contribution in [2.24, 2.45) is 0 Å². The highest BCUT2D eigenvalue weighted by molar-refractivity contribution is 7.89. The molecule has 1 aliphatic heterocycles. The first-order chi connectivity index (χ1) is 17.0. The molecule has 180 valence electrons. The zero-order chi connectivity index (χ0) is 24.4. The number of para-hydroxylation sites is 1. The number of rotatable bonds is 6. The first-order valence-corrected chi connectivity index (χ1v) is 13.2. The number of sulfonamides is 1. The van der Waals surface area contributed by atoms with Gasteiger partial charge in [-0.1, -0.05) is 12.1 Å². The number of nitrogens with zero attached hydrogens (tertiary/aromatic N) is 2. The molecule has 3 aromatic carbocycles. The van der Waals surface area contributed by atoms with Crippen molar-refractivity contribution in [1.29, 1.82) is 0 Å². The van der Waals surface area contributed by atoms with Crippen LogP contribution in [0.3, 0.4) is 0 Å². The van der Waals surface area contributed by atoms with E-state index in [9.17, 15) is 13.2 Å².